The van der Waals surface area contributed by atoms with Gasteiger partial charge in [0.25, 0.3) is 0 Å². The van der Waals surface area contributed by atoms with Crippen molar-refractivity contribution >= 4 is 0 Å². The Bertz CT molecular complexity index is 121. The van der Waals surface area contributed by atoms with E-state index in [1.54, 1.807) is 0 Å². The van der Waals surface area contributed by atoms with Gasteiger partial charge in [0, 0.05) is 0 Å². The quantitative estimate of drug-likeness (QED) is 0.563. The summed E-state index contributed by atoms with van der Waals surface area (Å²) in [4.78, 5) is 10.0. The molecule has 0 aliphatic rings. The van der Waals surface area contributed by atoms with Crippen LogP contribution in [0.1, 0.15) is 40.5 Å². The van der Waals surface area contributed by atoms with E-state index < -0.39 is 0 Å². The average Bonchev–Trinajstić information content (AvgIpc) is 1.86. The van der Waals surface area contributed by atoms with Gasteiger partial charge in [-0.25, -0.2) is 0 Å². The fourth-order valence-corrected chi connectivity index (χ4v) is 1.33. The summed E-state index contributed by atoms with van der Waals surface area (Å²) < 4.78 is 0. The molecule has 11 heavy (non-hydrogen) atoms. The van der Waals surface area contributed by atoms with Crippen LogP contribution in [-0.4, -0.2) is 6.54 Å². The average molecular weight is 157 g/mol. The van der Waals surface area contributed by atoms with Crippen molar-refractivity contribution in [3.63, 3.8) is 0 Å². The van der Waals surface area contributed by atoms with Crippen LogP contribution in [-0.2, 0) is 0 Å². The molecule has 0 aliphatic heterocycles. The fraction of sp³-hybridized carbons (Fsp3) is 1.00. The summed E-state index contributed by atoms with van der Waals surface area (Å²) in [5.41, 5.74) is 0.0944. The van der Waals surface area contributed by atoms with Gasteiger partial charge >= 0.3 is 0 Å². The van der Waals surface area contributed by atoms with E-state index in [0.717, 1.165) is 6.42 Å². The van der Waals surface area contributed by atoms with Gasteiger partial charge in [-0.1, -0.05) is 39.3 Å². The molecule has 0 rings (SSSR count). The monoisotopic (exact) mass is 157 g/mol. The highest BCUT2D eigenvalue weighted by Crippen LogP contribution is 2.26. The second-order valence-corrected chi connectivity index (χ2v) is 4.17. The first kappa shape index (κ1) is 10.6. The maximum absolute atomic E-state index is 10.0. The fourth-order valence-electron chi connectivity index (χ4n) is 1.33. The van der Waals surface area contributed by atoms with Crippen LogP contribution in [0.5, 0.6) is 0 Å². The lowest BCUT2D eigenvalue weighted by Gasteiger charge is -2.24. The molecule has 1 unspecified atom stereocenters. The molecule has 0 N–H and O–H groups in total. The van der Waals surface area contributed by atoms with E-state index in [2.05, 4.69) is 32.9 Å². The number of nitrogens with zero attached hydrogens (tertiary/aromatic N) is 1. The maximum Gasteiger partial charge on any atom is 0.0862 e. The second-order valence-electron chi connectivity index (χ2n) is 4.17. The van der Waals surface area contributed by atoms with E-state index in [-0.39, 0.29) is 5.41 Å². The molecule has 0 aromatic carbocycles. The molecule has 2 nitrogen and oxygen atoms in total. The zero-order valence-corrected chi connectivity index (χ0v) is 8.05. The Kier molecular flexibility index (Phi) is 4.31. The minimum atomic E-state index is 0.0944. The molecule has 0 aromatic heterocycles. The molecule has 0 spiro atoms. The van der Waals surface area contributed by atoms with Gasteiger partial charge in [-0.2, -0.15) is 4.91 Å². The lowest BCUT2D eigenvalue weighted by Crippen LogP contribution is -2.18. The summed E-state index contributed by atoms with van der Waals surface area (Å²) in [6.45, 7) is 9.03. The summed E-state index contributed by atoms with van der Waals surface area (Å²) in [5, 5.41) is 2.94. The van der Waals surface area contributed by atoms with Gasteiger partial charge in [-0.3, -0.25) is 0 Å². The topological polar surface area (TPSA) is 29.4 Å². The SMILES string of the molecule is CCC(C)CC(C)(C)CN=O. The summed E-state index contributed by atoms with van der Waals surface area (Å²) in [5.74, 6) is 0.701. The molecule has 2 heteroatoms. The van der Waals surface area contributed by atoms with Crippen LogP contribution in [0, 0.1) is 16.2 Å². The highest BCUT2D eigenvalue weighted by molar-refractivity contribution is 4.73. The summed E-state index contributed by atoms with van der Waals surface area (Å²) in [6.07, 6.45) is 2.28. The van der Waals surface area contributed by atoms with Crippen molar-refractivity contribution in [2.75, 3.05) is 6.54 Å². The summed E-state index contributed by atoms with van der Waals surface area (Å²) in [7, 11) is 0. The van der Waals surface area contributed by atoms with Gasteiger partial charge in [-0.15, -0.1) is 0 Å². The molecule has 0 aliphatic carbocycles. The Labute approximate surface area is 69.4 Å². The van der Waals surface area contributed by atoms with Crippen molar-refractivity contribution in [2.24, 2.45) is 16.5 Å². The third-order valence-corrected chi connectivity index (χ3v) is 2.09. The normalized spacial score (nSPS) is 14.5. The second kappa shape index (κ2) is 4.47. The standard InChI is InChI=1S/C9H19NO/c1-5-8(2)6-9(3,4)7-10-11/h8H,5-7H2,1-4H3. The van der Waals surface area contributed by atoms with Crippen LogP contribution in [0.25, 0.3) is 0 Å². The Morgan fingerprint density at radius 2 is 2.00 bits per heavy atom. The van der Waals surface area contributed by atoms with Gasteiger partial charge in [0.2, 0.25) is 0 Å². The van der Waals surface area contributed by atoms with Crippen molar-refractivity contribution < 1.29 is 0 Å². The summed E-state index contributed by atoms with van der Waals surface area (Å²) >= 11 is 0. The zero-order valence-electron chi connectivity index (χ0n) is 8.05. The van der Waals surface area contributed by atoms with Crippen LogP contribution < -0.4 is 0 Å². The van der Waals surface area contributed by atoms with E-state index in [4.69, 9.17) is 0 Å². The smallest absolute Gasteiger partial charge is 0.0862 e. The van der Waals surface area contributed by atoms with E-state index in [1.807, 2.05) is 0 Å². The van der Waals surface area contributed by atoms with Gasteiger partial charge in [0.1, 0.15) is 0 Å². The third-order valence-electron chi connectivity index (χ3n) is 2.09. The van der Waals surface area contributed by atoms with E-state index in [0.29, 0.717) is 12.5 Å². The number of rotatable bonds is 5. The lowest BCUT2D eigenvalue weighted by atomic mass is 9.83. The van der Waals surface area contributed by atoms with Crippen molar-refractivity contribution in [2.45, 2.75) is 40.5 Å². The Hall–Kier alpha value is -0.400. The molecule has 0 saturated carbocycles. The molecular formula is C9H19NO. The molecule has 1 atom stereocenters. The molecule has 0 amide bonds. The Morgan fingerprint density at radius 3 is 2.36 bits per heavy atom. The molecule has 66 valence electrons. The first-order valence-electron chi connectivity index (χ1n) is 4.31. The molecule has 0 fully saturated rings. The zero-order chi connectivity index (χ0) is 8.91. The number of nitroso groups, excluding NO2 is 1. The molecular weight excluding hydrogens is 138 g/mol. The van der Waals surface area contributed by atoms with Crippen LogP contribution in [0.2, 0.25) is 0 Å². The molecule has 0 radical (unpaired) electrons. The van der Waals surface area contributed by atoms with Crippen molar-refractivity contribution in [1.29, 1.82) is 0 Å². The predicted octanol–water partition coefficient (Wildman–Crippen LogP) is 3.22. The Balaban J connectivity index is 3.79. The van der Waals surface area contributed by atoms with Crippen LogP contribution in [0.4, 0.5) is 0 Å². The molecule has 0 bridgehead atoms. The molecule has 0 heterocycles. The maximum atomic E-state index is 10.0. The molecule has 0 aromatic rings. The largest absolute Gasteiger partial charge is 0.151 e. The number of hydrogen-bond donors (Lipinski definition) is 0. The van der Waals surface area contributed by atoms with Gasteiger partial charge in [0.15, 0.2) is 0 Å². The molecule has 0 saturated heterocycles. The minimum absolute atomic E-state index is 0.0944. The predicted molar refractivity (Wildman–Crippen MR) is 48.5 cm³/mol. The first-order chi connectivity index (χ1) is 5.02. The van der Waals surface area contributed by atoms with Crippen LogP contribution >= 0.6 is 0 Å². The van der Waals surface area contributed by atoms with E-state index >= 15 is 0 Å². The highest BCUT2D eigenvalue weighted by atomic mass is 16.3. The van der Waals surface area contributed by atoms with Crippen molar-refractivity contribution in [1.82, 2.24) is 0 Å². The third kappa shape index (κ3) is 4.93. The van der Waals surface area contributed by atoms with Crippen LogP contribution in [0.15, 0.2) is 5.18 Å². The van der Waals surface area contributed by atoms with Crippen molar-refractivity contribution in [3.8, 4) is 0 Å². The Morgan fingerprint density at radius 1 is 1.45 bits per heavy atom. The highest BCUT2D eigenvalue weighted by Gasteiger charge is 2.20. The van der Waals surface area contributed by atoms with Crippen LogP contribution in [0.3, 0.4) is 0 Å². The van der Waals surface area contributed by atoms with E-state index in [9.17, 15) is 4.91 Å². The van der Waals surface area contributed by atoms with Gasteiger partial charge in [-0.05, 0) is 17.8 Å². The number of hydrogen-bond acceptors (Lipinski definition) is 2. The first-order valence-corrected chi connectivity index (χ1v) is 4.31. The van der Waals surface area contributed by atoms with Crippen molar-refractivity contribution in [3.05, 3.63) is 4.91 Å². The summed E-state index contributed by atoms with van der Waals surface area (Å²) in [6, 6.07) is 0. The van der Waals surface area contributed by atoms with Gasteiger partial charge in [0.05, 0.1) is 6.54 Å². The lowest BCUT2D eigenvalue weighted by molar-refractivity contribution is 0.282. The van der Waals surface area contributed by atoms with E-state index in [1.165, 1.54) is 6.42 Å². The minimum Gasteiger partial charge on any atom is -0.151 e. The van der Waals surface area contributed by atoms with Gasteiger partial charge < -0.3 is 0 Å².